The first-order chi connectivity index (χ1) is 17.2. The molecule has 0 aromatic heterocycles. The summed E-state index contributed by atoms with van der Waals surface area (Å²) in [6, 6.07) is 0. The minimum Gasteiger partial charge on any atom is -0.0654 e. The highest BCUT2D eigenvalue weighted by Crippen LogP contribution is 2.21. The maximum atomic E-state index is 2.51. The summed E-state index contributed by atoms with van der Waals surface area (Å²) in [5, 5.41) is 0. The van der Waals surface area contributed by atoms with E-state index in [4.69, 9.17) is 0 Å². The van der Waals surface area contributed by atoms with Crippen LogP contribution >= 0.6 is 0 Å². The van der Waals surface area contributed by atoms with Crippen molar-refractivity contribution >= 4 is 0 Å². The van der Waals surface area contributed by atoms with E-state index in [1.54, 1.807) is 0 Å². The van der Waals surface area contributed by atoms with Crippen molar-refractivity contribution in [3.8, 4) is 0 Å². The van der Waals surface area contributed by atoms with E-state index >= 15 is 0 Å². The van der Waals surface area contributed by atoms with E-state index in [0.717, 1.165) is 11.8 Å². The van der Waals surface area contributed by atoms with E-state index < -0.39 is 0 Å². The minimum absolute atomic E-state index is 0.960. The van der Waals surface area contributed by atoms with Gasteiger partial charge >= 0.3 is 0 Å². The number of unbranched alkanes of at least 4 members (excludes halogenated alkanes) is 22. The zero-order valence-corrected chi connectivity index (χ0v) is 25.7. The predicted octanol–water partition coefficient (Wildman–Crippen LogP) is 13.6. The second kappa shape index (κ2) is 30.2. The molecule has 0 aliphatic carbocycles. The van der Waals surface area contributed by atoms with Crippen molar-refractivity contribution in [2.24, 2.45) is 11.8 Å². The summed E-state index contributed by atoms with van der Waals surface area (Å²) < 4.78 is 0. The molecule has 0 N–H and O–H groups in total. The predicted molar refractivity (Wildman–Crippen MR) is 164 cm³/mol. The van der Waals surface area contributed by atoms with E-state index in [0.29, 0.717) is 0 Å². The molecular weight excluding hydrogens is 420 g/mol. The van der Waals surface area contributed by atoms with E-state index in [-0.39, 0.29) is 0 Å². The first kappa shape index (κ1) is 35.0. The standard InChI is InChI=1S/C35H72/c1-5-7-9-11-13-15-16-17-18-19-20-22-24-27-31-35(4)33-29-25-28-32-34(3)30-26-23-21-14-12-10-8-6-2/h34-35H,5-33H2,1-4H3. The van der Waals surface area contributed by atoms with Gasteiger partial charge in [0.05, 0.1) is 0 Å². The van der Waals surface area contributed by atoms with Crippen LogP contribution in [0, 0.1) is 11.8 Å². The van der Waals surface area contributed by atoms with Gasteiger partial charge in [0.15, 0.2) is 0 Å². The fraction of sp³-hybridized carbons (Fsp3) is 1.00. The van der Waals surface area contributed by atoms with Crippen LogP contribution in [0.3, 0.4) is 0 Å². The summed E-state index contributed by atoms with van der Waals surface area (Å²) in [5.41, 5.74) is 0. The first-order valence-electron chi connectivity index (χ1n) is 17.2. The van der Waals surface area contributed by atoms with Gasteiger partial charge in [-0.25, -0.2) is 0 Å². The third-order valence-electron chi connectivity index (χ3n) is 8.49. The Kier molecular flexibility index (Phi) is 30.2. The Morgan fingerprint density at radius 3 is 0.657 bits per heavy atom. The molecule has 0 aromatic carbocycles. The molecule has 35 heavy (non-hydrogen) atoms. The SMILES string of the molecule is CCCCCCCCCCCCCCCCC(C)CCCCCC(C)CCCCCCCCCC. The zero-order valence-electron chi connectivity index (χ0n) is 25.7. The zero-order chi connectivity index (χ0) is 25.7. The summed E-state index contributed by atoms with van der Waals surface area (Å²) in [6.07, 6.45) is 42.6. The lowest BCUT2D eigenvalue weighted by molar-refractivity contribution is 0.407. The van der Waals surface area contributed by atoms with Crippen LogP contribution in [0.5, 0.6) is 0 Å². The Morgan fingerprint density at radius 1 is 0.257 bits per heavy atom. The highest BCUT2D eigenvalue weighted by atomic mass is 14.1. The molecule has 0 aliphatic heterocycles. The number of hydrogen-bond donors (Lipinski definition) is 0. The molecule has 0 saturated carbocycles. The molecule has 2 unspecified atom stereocenters. The molecule has 212 valence electrons. The van der Waals surface area contributed by atoms with Crippen LogP contribution in [0.4, 0.5) is 0 Å². The molecule has 0 heterocycles. The molecule has 0 fully saturated rings. The van der Waals surface area contributed by atoms with Crippen molar-refractivity contribution in [2.45, 2.75) is 214 Å². The quantitative estimate of drug-likeness (QED) is 0.0874. The topological polar surface area (TPSA) is 0 Å². The summed E-state index contributed by atoms with van der Waals surface area (Å²) in [5.74, 6) is 1.92. The van der Waals surface area contributed by atoms with Gasteiger partial charge in [0.25, 0.3) is 0 Å². The fourth-order valence-corrected chi connectivity index (χ4v) is 5.77. The van der Waals surface area contributed by atoms with Gasteiger partial charge in [0.2, 0.25) is 0 Å². The van der Waals surface area contributed by atoms with Crippen LogP contribution < -0.4 is 0 Å². The Balaban J connectivity index is 3.24. The van der Waals surface area contributed by atoms with Crippen molar-refractivity contribution in [1.82, 2.24) is 0 Å². The number of hydrogen-bond acceptors (Lipinski definition) is 0. The van der Waals surface area contributed by atoms with Crippen molar-refractivity contribution < 1.29 is 0 Å². The lowest BCUT2D eigenvalue weighted by Crippen LogP contribution is -1.97. The Bertz CT molecular complexity index is 359. The van der Waals surface area contributed by atoms with Crippen LogP contribution in [0.25, 0.3) is 0 Å². The first-order valence-corrected chi connectivity index (χ1v) is 17.2. The van der Waals surface area contributed by atoms with Crippen LogP contribution in [0.1, 0.15) is 214 Å². The Hall–Kier alpha value is 0. The summed E-state index contributed by atoms with van der Waals surface area (Å²) >= 11 is 0. The molecular formula is C35H72. The van der Waals surface area contributed by atoms with E-state index in [1.165, 1.54) is 186 Å². The van der Waals surface area contributed by atoms with E-state index in [9.17, 15) is 0 Å². The fourth-order valence-electron chi connectivity index (χ4n) is 5.77. The van der Waals surface area contributed by atoms with E-state index in [2.05, 4.69) is 27.7 Å². The molecule has 0 spiro atoms. The molecule has 0 bridgehead atoms. The average molecular weight is 493 g/mol. The molecule has 0 heteroatoms. The van der Waals surface area contributed by atoms with Crippen LogP contribution in [0.2, 0.25) is 0 Å². The van der Waals surface area contributed by atoms with Crippen LogP contribution in [0.15, 0.2) is 0 Å². The maximum Gasteiger partial charge on any atom is -0.0443 e. The summed E-state index contributed by atoms with van der Waals surface area (Å²) in [4.78, 5) is 0. The normalized spacial score (nSPS) is 13.4. The molecule has 0 aliphatic rings. The van der Waals surface area contributed by atoms with Gasteiger partial charge in [0, 0.05) is 0 Å². The monoisotopic (exact) mass is 493 g/mol. The second-order valence-corrected chi connectivity index (χ2v) is 12.5. The Labute approximate surface area is 225 Å². The van der Waals surface area contributed by atoms with Gasteiger partial charge in [-0.2, -0.15) is 0 Å². The third-order valence-corrected chi connectivity index (χ3v) is 8.49. The molecule has 0 aromatic rings. The molecule has 0 rings (SSSR count). The van der Waals surface area contributed by atoms with Gasteiger partial charge in [0.1, 0.15) is 0 Å². The molecule has 0 nitrogen and oxygen atoms in total. The maximum absolute atomic E-state index is 2.51. The molecule has 0 saturated heterocycles. The van der Waals surface area contributed by atoms with Gasteiger partial charge < -0.3 is 0 Å². The van der Waals surface area contributed by atoms with Gasteiger partial charge in [-0.1, -0.05) is 214 Å². The van der Waals surface area contributed by atoms with Gasteiger partial charge in [-0.3, -0.25) is 0 Å². The second-order valence-electron chi connectivity index (χ2n) is 12.5. The van der Waals surface area contributed by atoms with E-state index in [1.807, 2.05) is 0 Å². The number of rotatable bonds is 30. The van der Waals surface area contributed by atoms with Gasteiger partial charge in [-0.15, -0.1) is 0 Å². The molecule has 0 radical (unpaired) electrons. The highest BCUT2D eigenvalue weighted by Gasteiger charge is 2.05. The average Bonchev–Trinajstić information content (AvgIpc) is 2.85. The minimum atomic E-state index is 0.960. The smallest absolute Gasteiger partial charge is 0.0443 e. The Morgan fingerprint density at radius 2 is 0.429 bits per heavy atom. The van der Waals surface area contributed by atoms with Crippen LogP contribution in [-0.4, -0.2) is 0 Å². The molecule has 2 atom stereocenters. The third kappa shape index (κ3) is 30.1. The summed E-state index contributed by atoms with van der Waals surface area (Å²) in [7, 11) is 0. The van der Waals surface area contributed by atoms with Crippen molar-refractivity contribution in [1.29, 1.82) is 0 Å². The van der Waals surface area contributed by atoms with Gasteiger partial charge in [-0.05, 0) is 11.8 Å². The largest absolute Gasteiger partial charge is 0.0654 e. The van der Waals surface area contributed by atoms with Crippen molar-refractivity contribution in [3.05, 3.63) is 0 Å². The van der Waals surface area contributed by atoms with Crippen molar-refractivity contribution in [3.63, 3.8) is 0 Å². The lowest BCUT2D eigenvalue weighted by Gasteiger charge is -2.13. The van der Waals surface area contributed by atoms with Crippen LogP contribution in [-0.2, 0) is 0 Å². The highest BCUT2D eigenvalue weighted by molar-refractivity contribution is 4.59. The lowest BCUT2D eigenvalue weighted by atomic mass is 9.93. The molecule has 0 amide bonds. The van der Waals surface area contributed by atoms with Crippen molar-refractivity contribution in [2.75, 3.05) is 0 Å². The summed E-state index contributed by atoms with van der Waals surface area (Å²) in [6.45, 7) is 9.62.